The normalized spacial score (nSPS) is 15.2. The van der Waals surface area contributed by atoms with Crippen LogP contribution in [0.1, 0.15) is 25.2 Å². The summed E-state index contributed by atoms with van der Waals surface area (Å²) in [6.45, 7) is 7.78. The highest BCUT2D eigenvalue weighted by Gasteiger charge is 2.30. The lowest BCUT2D eigenvalue weighted by Crippen LogP contribution is -2.23. The van der Waals surface area contributed by atoms with Crippen LogP contribution in [-0.4, -0.2) is 40.5 Å². The van der Waals surface area contributed by atoms with E-state index >= 15 is 0 Å². The zero-order valence-electron chi connectivity index (χ0n) is 14.4. The molecule has 0 spiro atoms. The molecule has 0 aliphatic carbocycles. The van der Waals surface area contributed by atoms with Gasteiger partial charge in [0.05, 0.1) is 17.1 Å². The van der Waals surface area contributed by atoms with E-state index in [4.69, 9.17) is 4.84 Å². The molecule has 128 valence electrons. The van der Waals surface area contributed by atoms with E-state index in [1.54, 1.807) is 18.3 Å². The molecule has 0 fully saturated rings. The van der Waals surface area contributed by atoms with E-state index in [0.717, 1.165) is 24.6 Å². The molecule has 7 heteroatoms. The lowest BCUT2D eigenvalue weighted by molar-refractivity contribution is -0.134. The number of pyridine rings is 2. The standard InChI is InChI=1S/C18H19N5O2/c1-4-23(5-2)15-10-9-13(12(3)20-15)21-17-16(22-25-18(17)24)14-8-6-7-11-19-14/h6-11H,4-5H2,1-3H3. The van der Waals surface area contributed by atoms with Crippen molar-refractivity contribution in [2.75, 3.05) is 18.0 Å². The van der Waals surface area contributed by atoms with Gasteiger partial charge in [0.15, 0.2) is 11.4 Å². The van der Waals surface area contributed by atoms with Gasteiger partial charge in [-0.2, -0.15) is 0 Å². The molecule has 1 aliphatic heterocycles. The zero-order valence-corrected chi connectivity index (χ0v) is 14.4. The van der Waals surface area contributed by atoms with Crippen LogP contribution in [0.5, 0.6) is 0 Å². The average Bonchev–Trinajstić information content (AvgIpc) is 2.99. The van der Waals surface area contributed by atoms with Gasteiger partial charge in [-0.05, 0) is 45.0 Å². The van der Waals surface area contributed by atoms with Crippen molar-refractivity contribution in [1.82, 2.24) is 9.97 Å². The van der Waals surface area contributed by atoms with E-state index in [-0.39, 0.29) is 5.71 Å². The molecule has 0 N–H and O–H groups in total. The fraction of sp³-hybridized carbons (Fsp3) is 0.278. The summed E-state index contributed by atoms with van der Waals surface area (Å²) in [5.41, 5.74) is 2.35. The molecule has 25 heavy (non-hydrogen) atoms. The molecule has 0 atom stereocenters. The monoisotopic (exact) mass is 337 g/mol. The highest BCUT2D eigenvalue weighted by molar-refractivity contribution is 6.70. The summed E-state index contributed by atoms with van der Waals surface area (Å²) in [5.74, 6) is 0.298. The van der Waals surface area contributed by atoms with Gasteiger partial charge < -0.3 is 9.74 Å². The Morgan fingerprint density at radius 1 is 1.16 bits per heavy atom. The molecular weight excluding hydrogens is 318 g/mol. The van der Waals surface area contributed by atoms with Crippen molar-refractivity contribution in [3.63, 3.8) is 0 Å². The second-order valence-electron chi connectivity index (χ2n) is 5.44. The molecule has 0 radical (unpaired) electrons. The number of hydrogen-bond donors (Lipinski definition) is 0. The Hall–Kier alpha value is -3.09. The molecule has 0 amide bonds. The Balaban J connectivity index is 1.96. The highest BCUT2D eigenvalue weighted by Crippen LogP contribution is 2.23. The van der Waals surface area contributed by atoms with Crippen molar-refractivity contribution < 1.29 is 9.63 Å². The van der Waals surface area contributed by atoms with Crippen LogP contribution in [0.25, 0.3) is 0 Å². The number of carbonyl (C=O) groups is 1. The number of rotatable bonds is 5. The van der Waals surface area contributed by atoms with Crippen LogP contribution >= 0.6 is 0 Å². The summed E-state index contributed by atoms with van der Waals surface area (Å²) in [4.78, 5) is 32.2. The Kier molecular flexibility index (Phi) is 4.83. The molecule has 0 unspecified atom stereocenters. The van der Waals surface area contributed by atoms with E-state index in [1.165, 1.54) is 0 Å². The number of anilines is 1. The van der Waals surface area contributed by atoms with Crippen LogP contribution in [-0.2, 0) is 9.63 Å². The molecule has 2 aromatic heterocycles. The number of aromatic nitrogens is 2. The number of aryl methyl sites for hydroxylation is 1. The van der Waals surface area contributed by atoms with Crippen molar-refractivity contribution in [2.45, 2.75) is 20.8 Å². The lowest BCUT2D eigenvalue weighted by Gasteiger charge is -2.20. The summed E-state index contributed by atoms with van der Waals surface area (Å²) in [6.07, 6.45) is 1.63. The number of nitrogens with zero attached hydrogens (tertiary/aromatic N) is 5. The lowest BCUT2D eigenvalue weighted by atomic mass is 10.1. The van der Waals surface area contributed by atoms with Crippen LogP contribution in [0.4, 0.5) is 11.5 Å². The summed E-state index contributed by atoms with van der Waals surface area (Å²) in [7, 11) is 0. The minimum absolute atomic E-state index is 0.138. The predicted molar refractivity (Wildman–Crippen MR) is 96.5 cm³/mol. The third-order valence-corrected chi connectivity index (χ3v) is 3.91. The Labute approximate surface area is 146 Å². The van der Waals surface area contributed by atoms with Gasteiger partial charge in [0.2, 0.25) is 0 Å². The quantitative estimate of drug-likeness (QED) is 0.784. The van der Waals surface area contributed by atoms with Gasteiger partial charge in [0.1, 0.15) is 5.82 Å². The summed E-state index contributed by atoms with van der Waals surface area (Å²) in [5, 5.41) is 3.81. The fourth-order valence-corrected chi connectivity index (χ4v) is 2.54. The number of hydrogen-bond acceptors (Lipinski definition) is 7. The smallest absolute Gasteiger partial charge is 0.357 e. The fourth-order valence-electron chi connectivity index (χ4n) is 2.54. The van der Waals surface area contributed by atoms with E-state index in [0.29, 0.717) is 17.1 Å². The van der Waals surface area contributed by atoms with Gasteiger partial charge >= 0.3 is 5.97 Å². The van der Waals surface area contributed by atoms with Crippen LogP contribution in [0, 0.1) is 6.92 Å². The largest absolute Gasteiger partial charge is 0.386 e. The maximum atomic E-state index is 12.0. The van der Waals surface area contributed by atoms with Crippen molar-refractivity contribution in [2.24, 2.45) is 10.1 Å². The Morgan fingerprint density at radius 3 is 2.60 bits per heavy atom. The average molecular weight is 337 g/mol. The van der Waals surface area contributed by atoms with Gasteiger partial charge in [-0.15, -0.1) is 0 Å². The van der Waals surface area contributed by atoms with Crippen molar-refractivity contribution in [3.05, 3.63) is 47.9 Å². The van der Waals surface area contributed by atoms with Crippen molar-refractivity contribution >= 4 is 28.9 Å². The SMILES string of the molecule is CCN(CC)c1ccc(N=C2C(=O)ON=C2c2ccccn2)c(C)n1. The van der Waals surface area contributed by atoms with E-state index in [9.17, 15) is 4.79 Å². The summed E-state index contributed by atoms with van der Waals surface area (Å²) >= 11 is 0. The summed E-state index contributed by atoms with van der Waals surface area (Å²) in [6, 6.07) is 9.11. The van der Waals surface area contributed by atoms with Crippen LogP contribution in [0.2, 0.25) is 0 Å². The van der Waals surface area contributed by atoms with Crippen molar-refractivity contribution in [3.8, 4) is 0 Å². The topological polar surface area (TPSA) is 80.0 Å². The third kappa shape index (κ3) is 3.40. The molecule has 0 bridgehead atoms. The molecule has 0 aromatic carbocycles. The second-order valence-corrected chi connectivity index (χ2v) is 5.44. The first-order chi connectivity index (χ1) is 12.1. The first-order valence-electron chi connectivity index (χ1n) is 8.16. The van der Waals surface area contributed by atoms with Gasteiger partial charge in [-0.3, -0.25) is 4.98 Å². The molecular formula is C18H19N5O2. The Bertz CT molecular complexity index is 842. The third-order valence-electron chi connectivity index (χ3n) is 3.91. The maximum absolute atomic E-state index is 12.0. The number of oxime groups is 1. The van der Waals surface area contributed by atoms with Crippen LogP contribution in [0.15, 0.2) is 46.7 Å². The number of aliphatic imine (C=N–C) groups is 1. The van der Waals surface area contributed by atoms with Gasteiger partial charge in [0, 0.05) is 19.3 Å². The first-order valence-corrected chi connectivity index (χ1v) is 8.16. The molecule has 3 rings (SSSR count). The van der Waals surface area contributed by atoms with Crippen LogP contribution in [0.3, 0.4) is 0 Å². The van der Waals surface area contributed by atoms with Gasteiger partial charge in [-0.1, -0.05) is 11.2 Å². The predicted octanol–water partition coefficient (Wildman–Crippen LogP) is 2.66. The molecule has 3 heterocycles. The van der Waals surface area contributed by atoms with Gasteiger partial charge in [0.25, 0.3) is 0 Å². The first kappa shape index (κ1) is 16.8. The molecule has 2 aromatic rings. The van der Waals surface area contributed by atoms with Crippen molar-refractivity contribution in [1.29, 1.82) is 0 Å². The minimum atomic E-state index is -0.590. The van der Waals surface area contributed by atoms with E-state index in [2.05, 4.69) is 38.9 Å². The number of carbonyl (C=O) groups excluding carboxylic acids is 1. The summed E-state index contributed by atoms with van der Waals surface area (Å²) < 4.78 is 0. The molecule has 0 saturated heterocycles. The molecule has 1 aliphatic rings. The van der Waals surface area contributed by atoms with E-state index < -0.39 is 5.97 Å². The molecule has 0 saturated carbocycles. The minimum Gasteiger partial charge on any atom is -0.357 e. The molecule has 7 nitrogen and oxygen atoms in total. The maximum Gasteiger partial charge on any atom is 0.386 e. The zero-order chi connectivity index (χ0) is 17.8. The Morgan fingerprint density at radius 2 is 1.96 bits per heavy atom. The second kappa shape index (κ2) is 7.21. The van der Waals surface area contributed by atoms with Crippen LogP contribution < -0.4 is 4.90 Å². The van der Waals surface area contributed by atoms with Gasteiger partial charge in [-0.25, -0.2) is 14.8 Å². The highest BCUT2D eigenvalue weighted by atomic mass is 16.7. The van der Waals surface area contributed by atoms with E-state index in [1.807, 2.05) is 25.1 Å².